The average molecular weight is 705 g/mol. The van der Waals surface area contributed by atoms with Crippen molar-refractivity contribution in [1.82, 2.24) is 19.9 Å². The highest BCUT2D eigenvalue weighted by molar-refractivity contribution is 5.94. The van der Waals surface area contributed by atoms with Crippen LogP contribution < -0.4 is 25.2 Å². The fourth-order valence-electron chi connectivity index (χ4n) is 10.1. The first-order valence-electron chi connectivity index (χ1n) is 19.0. The maximum atomic E-state index is 13.6. The van der Waals surface area contributed by atoms with Crippen LogP contribution in [0.1, 0.15) is 70.3 Å². The number of amides is 2. The van der Waals surface area contributed by atoms with Crippen molar-refractivity contribution in [3.05, 3.63) is 54.4 Å². The number of rotatable bonds is 9. The molecule has 3 aromatic rings. The lowest BCUT2D eigenvalue weighted by Crippen LogP contribution is -2.52. The molecule has 4 heterocycles. The summed E-state index contributed by atoms with van der Waals surface area (Å²) < 4.78 is 5.84. The highest BCUT2D eigenvalue weighted by atomic mass is 16.5. The number of ether oxygens (including phenoxy) is 1. The van der Waals surface area contributed by atoms with Crippen LogP contribution in [0.4, 0.5) is 34.6 Å². The van der Waals surface area contributed by atoms with Crippen molar-refractivity contribution in [3.63, 3.8) is 0 Å². The van der Waals surface area contributed by atoms with Gasteiger partial charge in [0.2, 0.25) is 17.8 Å². The minimum atomic E-state index is -0.980. The van der Waals surface area contributed by atoms with Gasteiger partial charge in [-0.05, 0) is 111 Å². The molecule has 2 amide bonds. The van der Waals surface area contributed by atoms with Gasteiger partial charge in [0.15, 0.2) is 6.23 Å². The van der Waals surface area contributed by atoms with Gasteiger partial charge in [0.1, 0.15) is 17.4 Å². The maximum Gasteiger partial charge on any atom is 0.229 e. The number of carbonyl (C=O) groups excluding carboxylic acids is 2. The summed E-state index contributed by atoms with van der Waals surface area (Å²) in [5, 5.41) is 17.4. The van der Waals surface area contributed by atoms with Crippen LogP contribution >= 0.6 is 0 Å². The van der Waals surface area contributed by atoms with Crippen molar-refractivity contribution in [3.8, 4) is 5.75 Å². The molecule has 2 aliphatic heterocycles. The van der Waals surface area contributed by atoms with Crippen molar-refractivity contribution in [2.75, 3.05) is 53.7 Å². The molecule has 52 heavy (non-hydrogen) atoms. The van der Waals surface area contributed by atoms with Crippen LogP contribution in [0.2, 0.25) is 0 Å². The van der Waals surface area contributed by atoms with Crippen LogP contribution in [0.25, 0.3) is 5.57 Å². The number of pyridine rings is 1. The summed E-state index contributed by atoms with van der Waals surface area (Å²) in [6.45, 7) is 4.95. The van der Waals surface area contributed by atoms with Gasteiger partial charge in [0, 0.05) is 74.3 Å². The number of allylic oxidation sites excluding steroid dienone is 1. The number of fused-ring (bicyclic) bond motifs is 1. The normalized spacial score (nSPS) is 27.6. The minimum absolute atomic E-state index is 0.0338. The summed E-state index contributed by atoms with van der Waals surface area (Å²) in [6.07, 6.45) is 14.7. The zero-order valence-electron chi connectivity index (χ0n) is 30.1. The van der Waals surface area contributed by atoms with E-state index in [1.165, 1.54) is 38.5 Å². The molecular formula is C40H48N8O4. The smallest absolute Gasteiger partial charge is 0.229 e. The molecule has 3 N–H and O–H groups in total. The molecule has 0 spiro atoms. The number of methoxy groups -OCH3 is 1. The summed E-state index contributed by atoms with van der Waals surface area (Å²) in [6, 6.07) is 9.58. The van der Waals surface area contributed by atoms with Crippen LogP contribution in [0.15, 0.2) is 48.8 Å². The number of aliphatic hydroxyl groups excluding tert-OH is 1. The van der Waals surface area contributed by atoms with Gasteiger partial charge in [-0.25, -0.2) is 9.97 Å². The van der Waals surface area contributed by atoms with Gasteiger partial charge in [-0.15, -0.1) is 0 Å². The van der Waals surface area contributed by atoms with Crippen molar-refractivity contribution < 1.29 is 19.4 Å². The molecular weight excluding hydrogens is 656 g/mol. The Bertz CT molecular complexity index is 1880. The molecule has 10 rings (SSSR count). The van der Waals surface area contributed by atoms with E-state index in [1.807, 2.05) is 19.1 Å². The van der Waals surface area contributed by atoms with E-state index in [0.717, 1.165) is 80.0 Å². The molecule has 1 unspecified atom stereocenters. The van der Waals surface area contributed by atoms with E-state index in [9.17, 15) is 14.7 Å². The second-order valence-corrected chi connectivity index (χ2v) is 16.2. The third-order valence-corrected chi connectivity index (χ3v) is 12.4. The average Bonchev–Trinajstić information content (AvgIpc) is 3.98. The summed E-state index contributed by atoms with van der Waals surface area (Å²) in [7, 11) is 1.65. The first kappa shape index (κ1) is 33.1. The topological polar surface area (TPSA) is 136 Å². The maximum absolute atomic E-state index is 13.6. The Kier molecular flexibility index (Phi) is 8.32. The third kappa shape index (κ3) is 6.35. The highest BCUT2D eigenvalue weighted by Crippen LogP contribution is 2.61. The number of aliphatic hydroxyl groups is 1. The molecule has 272 valence electrons. The molecule has 4 bridgehead atoms. The van der Waals surface area contributed by atoms with Crippen LogP contribution in [-0.4, -0.2) is 76.3 Å². The lowest BCUT2D eigenvalue weighted by molar-refractivity contribution is -0.139. The monoisotopic (exact) mass is 704 g/mol. The number of carbonyl (C=O) groups is 2. The molecule has 1 saturated heterocycles. The van der Waals surface area contributed by atoms with Gasteiger partial charge in [-0.2, -0.15) is 4.98 Å². The van der Waals surface area contributed by atoms with Gasteiger partial charge in [-0.1, -0.05) is 0 Å². The molecule has 1 aromatic carbocycles. The lowest BCUT2D eigenvalue weighted by Gasteiger charge is -2.57. The molecule has 7 aliphatic rings. The summed E-state index contributed by atoms with van der Waals surface area (Å²) >= 11 is 0. The summed E-state index contributed by atoms with van der Waals surface area (Å²) in [4.78, 5) is 45.9. The van der Waals surface area contributed by atoms with Gasteiger partial charge < -0.3 is 30.3 Å². The number of hydrogen-bond acceptors (Lipinski definition) is 10. The van der Waals surface area contributed by atoms with Gasteiger partial charge in [0.25, 0.3) is 0 Å². The first-order valence-corrected chi connectivity index (χ1v) is 19.0. The van der Waals surface area contributed by atoms with Crippen LogP contribution in [0, 0.1) is 29.1 Å². The zero-order chi connectivity index (χ0) is 35.6. The number of piperazine rings is 1. The van der Waals surface area contributed by atoms with Gasteiger partial charge >= 0.3 is 0 Å². The largest absolute Gasteiger partial charge is 0.494 e. The fraction of sp³-hybridized carbons (Fsp3) is 0.525. The fourth-order valence-corrected chi connectivity index (χ4v) is 10.1. The number of anilines is 6. The Morgan fingerprint density at radius 3 is 2.38 bits per heavy atom. The molecule has 5 aliphatic carbocycles. The Balaban J connectivity index is 0.877. The van der Waals surface area contributed by atoms with E-state index in [2.05, 4.69) is 36.5 Å². The Morgan fingerprint density at radius 1 is 0.962 bits per heavy atom. The SMILES string of the molecule is COc1cc(N2CCN(C(=O)CC34CC5CC(CC(C5)C3)C4)CC2)ccc1Nc1ncc2c(n1)N(c1ccnc(NC(=O)C3CC3)c1)C(O)C=C2C. The molecule has 12 nitrogen and oxygen atoms in total. The van der Waals surface area contributed by atoms with Crippen molar-refractivity contribution in [2.45, 2.75) is 70.9 Å². The van der Waals surface area contributed by atoms with E-state index in [0.29, 0.717) is 40.6 Å². The zero-order valence-corrected chi connectivity index (χ0v) is 30.1. The van der Waals surface area contributed by atoms with Crippen LogP contribution in [-0.2, 0) is 9.59 Å². The lowest BCUT2D eigenvalue weighted by atomic mass is 9.49. The standard InChI is InChI=1S/C40H48N8O4/c1-24-13-35(49)48(30-7-8-41-34(18-30)44-38(51)28-3-4-28)37-31(24)23-42-39(45-37)43-32-6-5-29(17-33(32)52-2)46-9-11-47(12-10-46)36(50)22-40-19-25-14-26(20-40)16-27(15-25)21-40/h5-8,13,17-18,23,25-28,35,49H,3-4,9-12,14-16,19-22H2,1-2H3,(H,41,44,51)(H,42,43,45). The quantitative estimate of drug-likeness (QED) is 0.240. The van der Waals surface area contributed by atoms with E-state index in [1.54, 1.807) is 42.6 Å². The third-order valence-electron chi connectivity index (χ3n) is 12.4. The van der Waals surface area contributed by atoms with Crippen molar-refractivity contribution >= 4 is 52.0 Å². The second kappa shape index (κ2) is 13.1. The number of hydrogen-bond donors (Lipinski definition) is 3. The predicted molar refractivity (Wildman–Crippen MR) is 200 cm³/mol. The molecule has 0 radical (unpaired) electrons. The van der Waals surface area contributed by atoms with E-state index in [-0.39, 0.29) is 17.2 Å². The highest BCUT2D eigenvalue weighted by Gasteiger charge is 2.51. The summed E-state index contributed by atoms with van der Waals surface area (Å²) in [5.74, 6) is 4.90. The number of aromatic nitrogens is 3. The molecule has 2 aromatic heterocycles. The van der Waals surface area contributed by atoms with E-state index >= 15 is 0 Å². The molecule has 1 atom stereocenters. The predicted octanol–water partition coefficient (Wildman–Crippen LogP) is 6.10. The summed E-state index contributed by atoms with van der Waals surface area (Å²) in [5.41, 5.74) is 4.30. The van der Waals surface area contributed by atoms with Gasteiger partial charge in [0.05, 0.1) is 18.5 Å². The van der Waals surface area contributed by atoms with Crippen molar-refractivity contribution in [1.29, 1.82) is 0 Å². The Morgan fingerprint density at radius 2 is 1.69 bits per heavy atom. The second-order valence-electron chi connectivity index (χ2n) is 16.2. The van der Waals surface area contributed by atoms with E-state index in [4.69, 9.17) is 9.72 Å². The van der Waals surface area contributed by atoms with Crippen LogP contribution in [0.3, 0.4) is 0 Å². The molecule has 5 saturated carbocycles. The molecule has 6 fully saturated rings. The number of benzene rings is 1. The molecule has 12 heteroatoms. The Hall–Kier alpha value is -4.71. The number of nitrogens with one attached hydrogen (secondary N) is 2. The van der Waals surface area contributed by atoms with Gasteiger partial charge in [-0.3, -0.25) is 14.5 Å². The minimum Gasteiger partial charge on any atom is -0.494 e. The van der Waals surface area contributed by atoms with E-state index < -0.39 is 6.23 Å². The Labute approximate surface area is 304 Å². The van der Waals surface area contributed by atoms with Crippen LogP contribution in [0.5, 0.6) is 5.75 Å². The van der Waals surface area contributed by atoms with Crippen molar-refractivity contribution in [2.24, 2.45) is 29.1 Å². The number of nitrogens with zero attached hydrogens (tertiary/aromatic N) is 6. The first-order chi connectivity index (χ1) is 25.2.